The number of fused-ring (bicyclic) bond motifs is 2. The molecule has 2 aliphatic rings. The second-order valence-corrected chi connectivity index (χ2v) is 5.91. The lowest BCUT2D eigenvalue weighted by Crippen LogP contribution is -2.25. The van der Waals surface area contributed by atoms with Crippen LogP contribution in [0.1, 0.15) is 23.2 Å². The van der Waals surface area contributed by atoms with E-state index in [1.807, 2.05) is 24.3 Å². The Bertz CT molecular complexity index is 812. The molecule has 2 amide bonds. The van der Waals surface area contributed by atoms with Crippen LogP contribution in [0, 0.1) is 5.92 Å². The van der Waals surface area contributed by atoms with Gasteiger partial charge in [0, 0.05) is 18.7 Å². The average Bonchev–Trinajstić information content (AvgIpc) is 3.40. The van der Waals surface area contributed by atoms with Crippen LogP contribution in [0.15, 0.2) is 42.5 Å². The van der Waals surface area contributed by atoms with E-state index < -0.39 is 0 Å². The molecule has 0 aromatic heterocycles. The van der Waals surface area contributed by atoms with Gasteiger partial charge in [0.2, 0.25) is 5.91 Å². The molecule has 1 aliphatic carbocycles. The standard InChI is InChI=1S/C18H16N2O3/c1-20-14-4-2-3-5-16(14)23-15-9-8-12(10-13(15)18(20)22)19-17(21)11-6-7-11/h2-5,8-11H,6-7H2,1H3,(H,19,21). The fourth-order valence-corrected chi connectivity index (χ4v) is 2.68. The first-order valence-electron chi connectivity index (χ1n) is 7.63. The summed E-state index contributed by atoms with van der Waals surface area (Å²) in [6, 6.07) is 12.6. The topological polar surface area (TPSA) is 58.6 Å². The Kier molecular flexibility index (Phi) is 3.08. The fraction of sp³-hybridized carbons (Fsp3) is 0.222. The number of rotatable bonds is 2. The maximum Gasteiger partial charge on any atom is 0.261 e. The molecule has 1 N–H and O–H groups in total. The molecule has 1 fully saturated rings. The number of amides is 2. The highest BCUT2D eigenvalue weighted by molar-refractivity contribution is 6.10. The van der Waals surface area contributed by atoms with E-state index in [0.29, 0.717) is 22.7 Å². The Balaban J connectivity index is 1.71. The molecule has 1 heterocycles. The van der Waals surface area contributed by atoms with Gasteiger partial charge in [0.25, 0.3) is 5.91 Å². The van der Waals surface area contributed by atoms with Crippen LogP contribution in [0.3, 0.4) is 0 Å². The van der Waals surface area contributed by atoms with Crippen molar-refractivity contribution in [2.45, 2.75) is 12.8 Å². The van der Waals surface area contributed by atoms with E-state index in [1.165, 1.54) is 0 Å². The molecule has 0 saturated heterocycles. The molecule has 0 radical (unpaired) electrons. The second kappa shape index (κ2) is 5.12. The molecule has 5 heteroatoms. The van der Waals surface area contributed by atoms with Gasteiger partial charge in [-0.1, -0.05) is 12.1 Å². The van der Waals surface area contributed by atoms with E-state index in [4.69, 9.17) is 4.74 Å². The van der Waals surface area contributed by atoms with E-state index in [0.717, 1.165) is 18.5 Å². The summed E-state index contributed by atoms with van der Waals surface area (Å²) in [7, 11) is 1.72. The van der Waals surface area contributed by atoms with Crippen LogP contribution in [0.4, 0.5) is 11.4 Å². The highest BCUT2D eigenvalue weighted by atomic mass is 16.5. The summed E-state index contributed by atoms with van der Waals surface area (Å²) >= 11 is 0. The Hall–Kier alpha value is -2.82. The minimum absolute atomic E-state index is 0.0172. The molecule has 23 heavy (non-hydrogen) atoms. The largest absolute Gasteiger partial charge is 0.454 e. The quantitative estimate of drug-likeness (QED) is 0.925. The summed E-state index contributed by atoms with van der Waals surface area (Å²) in [6.07, 6.45) is 1.88. The van der Waals surface area contributed by atoms with E-state index in [9.17, 15) is 9.59 Å². The Morgan fingerprint density at radius 2 is 1.96 bits per heavy atom. The number of hydrogen-bond acceptors (Lipinski definition) is 3. The Morgan fingerprint density at radius 3 is 2.74 bits per heavy atom. The van der Waals surface area contributed by atoms with Crippen LogP contribution < -0.4 is 15.0 Å². The smallest absolute Gasteiger partial charge is 0.261 e. The lowest BCUT2D eigenvalue weighted by Gasteiger charge is -2.16. The van der Waals surface area contributed by atoms with Crippen LogP contribution in [0.2, 0.25) is 0 Å². The van der Waals surface area contributed by atoms with Gasteiger partial charge in [0.1, 0.15) is 5.75 Å². The summed E-state index contributed by atoms with van der Waals surface area (Å²) in [5.74, 6) is 1.11. The first-order chi connectivity index (χ1) is 11.1. The third kappa shape index (κ3) is 2.44. The van der Waals surface area contributed by atoms with Crippen LogP contribution in [-0.4, -0.2) is 18.9 Å². The summed E-state index contributed by atoms with van der Waals surface area (Å²) < 4.78 is 5.89. The summed E-state index contributed by atoms with van der Waals surface area (Å²) in [5, 5.41) is 2.87. The van der Waals surface area contributed by atoms with Gasteiger partial charge in [-0.15, -0.1) is 0 Å². The molecule has 1 saturated carbocycles. The predicted molar refractivity (Wildman–Crippen MR) is 87.0 cm³/mol. The Labute approximate surface area is 133 Å². The van der Waals surface area contributed by atoms with Crippen molar-refractivity contribution in [2.75, 3.05) is 17.3 Å². The number of hydrogen-bond donors (Lipinski definition) is 1. The van der Waals surface area contributed by atoms with Crippen molar-refractivity contribution >= 4 is 23.2 Å². The maximum absolute atomic E-state index is 12.7. The molecule has 0 spiro atoms. The number of carbonyl (C=O) groups is 2. The van der Waals surface area contributed by atoms with Gasteiger partial charge in [-0.05, 0) is 43.2 Å². The number of anilines is 2. The lowest BCUT2D eigenvalue weighted by molar-refractivity contribution is -0.117. The molecular formula is C18H16N2O3. The van der Waals surface area contributed by atoms with E-state index in [2.05, 4.69) is 5.32 Å². The van der Waals surface area contributed by atoms with Gasteiger partial charge < -0.3 is 15.0 Å². The van der Waals surface area contributed by atoms with Gasteiger partial charge in [0.05, 0.1) is 11.3 Å². The zero-order valence-corrected chi connectivity index (χ0v) is 12.7. The SMILES string of the molecule is CN1C(=O)c2cc(NC(=O)C3CC3)ccc2Oc2ccccc21. The number of ether oxygens (including phenoxy) is 1. The van der Waals surface area contributed by atoms with Crippen LogP contribution in [0.5, 0.6) is 11.5 Å². The van der Waals surface area contributed by atoms with Crippen LogP contribution in [-0.2, 0) is 4.79 Å². The van der Waals surface area contributed by atoms with Crippen LogP contribution >= 0.6 is 0 Å². The van der Waals surface area contributed by atoms with Crippen molar-refractivity contribution in [3.8, 4) is 11.5 Å². The predicted octanol–water partition coefficient (Wildman–Crippen LogP) is 3.42. The number of carbonyl (C=O) groups excluding carboxylic acids is 2. The molecule has 116 valence electrons. The zero-order valence-electron chi connectivity index (χ0n) is 12.7. The van der Waals surface area contributed by atoms with Crippen molar-refractivity contribution in [3.05, 3.63) is 48.0 Å². The molecule has 0 bridgehead atoms. The molecule has 2 aromatic carbocycles. The van der Waals surface area contributed by atoms with Crippen LogP contribution in [0.25, 0.3) is 0 Å². The first kappa shape index (κ1) is 13.8. The van der Waals surface area contributed by atoms with E-state index in [1.54, 1.807) is 30.1 Å². The normalized spacial score (nSPS) is 16.0. The minimum Gasteiger partial charge on any atom is -0.454 e. The fourth-order valence-electron chi connectivity index (χ4n) is 2.68. The monoisotopic (exact) mass is 308 g/mol. The third-order valence-electron chi connectivity index (χ3n) is 4.18. The number of para-hydroxylation sites is 2. The number of benzene rings is 2. The maximum atomic E-state index is 12.7. The molecule has 0 unspecified atom stereocenters. The van der Waals surface area contributed by atoms with Crippen molar-refractivity contribution in [2.24, 2.45) is 5.92 Å². The van der Waals surface area contributed by atoms with Gasteiger partial charge in [-0.25, -0.2) is 0 Å². The average molecular weight is 308 g/mol. The Morgan fingerprint density at radius 1 is 1.17 bits per heavy atom. The highest BCUT2D eigenvalue weighted by Gasteiger charge is 2.30. The van der Waals surface area contributed by atoms with Gasteiger partial charge >= 0.3 is 0 Å². The molecule has 1 aliphatic heterocycles. The van der Waals surface area contributed by atoms with E-state index in [-0.39, 0.29) is 17.7 Å². The van der Waals surface area contributed by atoms with Crippen molar-refractivity contribution in [1.29, 1.82) is 0 Å². The molecule has 5 nitrogen and oxygen atoms in total. The third-order valence-corrected chi connectivity index (χ3v) is 4.18. The van der Waals surface area contributed by atoms with Crippen molar-refractivity contribution in [1.82, 2.24) is 0 Å². The lowest BCUT2D eigenvalue weighted by atomic mass is 10.1. The molecular weight excluding hydrogens is 292 g/mol. The van der Waals surface area contributed by atoms with Gasteiger partial charge in [-0.2, -0.15) is 0 Å². The molecule has 0 atom stereocenters. The van der Waals surface area contributed by atoms with Gasteiger partial charge in [0.15, 0.2) is 5.75 Å². The summed E-state index contributed by atoms with van der Waals surface area (Å²) in [5.41, 5.74) is 1.78. The highest BCUT2D eigenvalue weighted by Crippen LogP contribution is 2.39. The summed E-state index contributed by atoms with van der Waals surface area (Å²) in [4.78, 5) is 26.2. The summed E-state index contributed by atoms with van der Waals surface area (Å²) in [6.45, 7) is 0. The number of nitrogens with one attached hydrogen (secondary N) is 1. The van der Waals surface area contributed by atoms with Crippen molar-refractivity contribution in [3.63, 3.8) is 0 Å². The molecule has 4 rings (SSSR count). The molecule has 2 aromatic rings. The first-order valence-corrected chi connectivity index (χ1v) is 7.63. The minimum atomic E-state index is -0.160. The number of nitrogens with zero attached hydrogens (tertiary/aromatic N) is 1. The van der Waals surface area contributed by atoms with Gasteiger partial charge in [-0.3, -0.25) is 9.59 Å². The van der Waals surface area contributed by atoms with E-state index >= 15 is 0 Å². The van der Waals surface area contributed by atoms with Crippen molar-refractivity contribution < 1.29 is 14.3 Å². The zero-order chi connectivity index (χ0) is 16.0. The second-order valence-electron chi connectivity index (χ2n) is 5.91.